The molecule has 1 saturated carbocycles. The van der Waals surface area contributed by atoms with Gasteiger partial charge in [0.2, 0.25) is 0 Å². The van der Waals surface area contributed by atoms with Crippen LogP contribution in [0.15, 0.2) is 12.2 Å². The third-order valence-electron chi connectivity index (χ3n) is 3.97. The van der Waals surface area contributed by atoms with Crippen molar-refractivity contribution < 1.29 is 9.90 Å². The maximum atomic E-state index is 10.6. The van der Waals surface area contributed by atoms with Crippen molar-refractivity contribution in [3.8, 4) is 0 Å². The topological polar surface area (TPSA) is 37.3 Å². The van der Waals surface area contributed by atoms with Gasteiger partial charge < -0.3 is 5.11 Å². The summed E-state index contributed by atoms with van der Waals surface area (Å²) < 4.78 is 0. The van der Waals surface area contributed by atoms with Crippen molar-refractivity contribution >= 4 is 5.97 Å². The molecule has 0 heterocycles. The fourth-order valence-corrected chi connectivity index (χ4v) is 2.70. The Balaban J connectivity index is 2.74. The summed E-state index contributed by atoms with van der Waals surface area (Å²) in [5.74, 6) is -0.701. The molecule has 0 amide bonds. The number of carboxylic acids is 1. The number of carbonyl (C=O) groups is 1. The summed E-state index contributed by atoms with van der Waals surface area (Å²) in [6.07, 6.45) is 4.43. The molecule has 2 heteroatoms. The molecule has 1 N–H and O–H groups in total. The largest absolute Gasteiger partial charge is 0.481 e. The Morgan fingerprint density at radius 1 is 1.40 bits per heavy atom. The lowest BCUT2D eigenvalue weighted by Gasteiger charge is -2.45. The van der Waals surface area contributed by atoms with Crippen molar-refractivity contribution in [2.75, 3.05) is 0 Å². The fraction of sp³-hybridized carbons (Fsp3) is 0.769. The first-order valence-corrected chi connectivity index (χ1v) is 5.70. The Hall–Kier alpha value is -0.790. The zero-order chi connectivity index (χ0) is 11.7. The highest BCUT2D eigenvalue weighted by Gasteiger charge is 2.40. The van der Waals surface area contributed by atoms with Crippen LogP contribution in [0, 0.1) is 10.8 Å². The van der Waals surface area contributed by atoms with Crippen LogP contribution >= 0.6 is 0 Å². The highest BCUT2D eigenvalue weighted by Crippen LogP contribution is 2.51. The Kier molecular flexibility index (Phi) is 3.27. The van der Waals surface area contributed by atoms with Gasteiger partial charge in [-0.05, 0) is 30.1 Å². The van der Waals surface area contributed by atoms with Gasteiger partial charge >= 0.3 is 5.97 Å². The van der Waals surface area contributed by atoms with Gasteiger partial charge in [0.1, 0.15) is 0 Å². The summed E-state index contributed by atoms with van der Waals surface area (Å²) in [4.78, 5) is 10.6. The molecular weight excluding hydrogens is 188 g/mol. The van der Waals surface area contributed by atoms with Gasteiger partial charge in [-0.2, -0.15) is 0 Å². The van der Waals surface area contributed by atoms with Gasteiger partial charge in [0.25, 0.3) is 0 Å². The SMILES string of the molecule is C=C1C(C)(C)CCC[C@]1(C)CCC(=O)O. The van der Waals surface area contributed by atoms with E-state index in [1.807, 2.05) is 0 Å². The van der Waals surface area contributed by atoms with E-state index in [2.05, 4.69) is 27.4 Å². The number of hydrogen-bond donors (Lipinski definition) is 1. The second-order valence-electron chi connectivity index (χ2n) is 5.67. The number of rotatable bonds is 3. The molecule has 2 nitrogen and oxygen atoms in total. The van der Waals surface area contributed by atoms with Gasteiger partial charge in [-0.25, -0.2) is 0 Å². The van der Waals surface area contributed by atoms with Gasteiger partial charge in [-0.3, -0.25) is 4.79 Å². The average Bonchev–Trinajstić information content (AvgIpc) is 2.11. The molecule has 0 bridgehead atoms. The summed E-state index contributed by atoms with van der Waals surface area (Å²) >= 11 is 0. The second kappa shape index (κ2) is 3.99. The Labute approximate surface area is 92.4 Å². The van der Waals surface area contributed by atoms with E-state index in [1.165, 1.54) is 18.4 Å². The quantitative estimate of drug-likeness (QED) is 0.722. The van der Waals surface area contributed by atoms with Crippen LogP contribution in [0.4, 0.5) is 0 Å². The molecular formula is C13H22O2. The zero-order valence-electron chi connectivity index (χ0n) is 10.1. The highest BCUT2D eigenvalue weighted by atomic mass is 16.4. The molecule has 0 saturated heterocycles. The van der Waals surface area contributed by atoms with E-state index in [-0.39, 0.29) is 17.3 Å². The van der Waals surface area contributed by atoms with E-state index < -0.39 is 5.97 Å². The summed E-state index contributed by atoms with van der Waals surface area (Å²) in [6.45, 7) is 10.8. The minimum atomic E-state index is -0.701. The van der Waals surface area contributed by atoms with Crippen molar-refractivity contribution in [1.29, 1.82) is 0 Å². The third kappa shape index (κ3) is 2.61. The van der Waals surface area contributed by atoms with Crippen LogP contribution in [0.2, 0.25) is 0 Å². The molecule has 0 spiro atoms. The first-order valence-electron chi connectivity index (χ1n) is 5.70. The summed E-state index contributed by atoms with van der Waals surface area (Å²) in [5, 5.41) is 8.75. The van der Waals surface area contributed by atoms with E-state index in [1.54, 1.807) is 0 Å². The molecule has 0 unspecified atom stereocenters. The molecule has 0 aromatic rings. The van der Waals surface area contributed by atoms with Crippen LogP contribution in [0.25, 0.3) is 0 Å². The first-order chi connectivity index (χ1) is 6.78. The summed E-state index contributed by atoms with van der Waals surface area (Å²) in [7, 11) is 0. The minimum absolute atomic E-state index is 0.0279. The molecule has 1 atom stereocenters. The predicted molar refractivity (Wildman–Crippen MR) is 61.7 cm³/mol. The number of aliphatic carboxylic acids is 1. The molecule has 1 fully saturated rings. The van der Waals surface area contributed by atoms with Crippen LogP contribution in [0.5, 0.6) is 0 Å². The van der Waals surface area contributed by atoms with Crippen molar-refractivity contribution in [3.05, 3.63) is 12.2 Å². The normalized spacial score (nSPS) is 30.2. The van der Waals surface area contributed by atoms with E-state index in [9.17, 15) is 4.79 Å². The molecule has 15 heavy (non-hydrogen) atoms. The standard InChI is InChI=1S/C13H22O2/c1-10-12(2,3)7-5-8-13(10,4)9-6-11(14)15/h1,5-9H2,2-4H3,(H,14,15)/t13-/m1/s1. The van der Waals surface area contributed by atoms with E-state index >= 15 is 0 Å². The monoisotopic (exact) mass is 210 g/mol. The number of hydrogen-bond acceptors (Lipinski definition) is 1. The smallest absolute Gasteiger partial charge is 0.303 e. The minimum Gasteiger partial charge on any atom is -0.481 e. The molecule has 0 aromatic carbocycles. The van der Waals surface area contributed by atoms with Crippen LogP contribution in [0.3, 0.4) is 0 Å². The lowest BCUT2D eigenvalue weighted by Crippen LogP contribution is -2.34. The van der Waals surface area contributed by atoms with Crippen molar-refractivity contribution in [2.24, 2.45) is 10.8 Å². The summed E-state index contributed by atoms with van der Waals surface area (Å²) in [6, 6.07) is 0. The van der Waals surface area contributed by atoms with Crippen LogP contribution in [-0.2, 0) is 4.79 Å². The third-order valence-corrected chi connectivity index (χ3v) is 3.97. The maximum absolute atomic E-state index is 10.6. The maximum Gasteiger partial charge on any atom is 0.303 e. The predicted octanol–water partition coefficient (Wildman–Crippen LogP) is 3.62. The van der Waals surface area contributed by atoms with E-state index in [4.69, 9.17) is 5.11 Å². The Morgan fingerprint density at radius 3 is 2.53 bits per heavy atom. The molecule has 0 aromatic heterocycles. The van der Waals surface area contributed by atoms with E-state index in [0.717, 1.165) is 12.8 Å². The number of carboxylic acid groups (broad SMARTS) is 1. The number of allylic oxidation sites excluding steroid dienone is 1. The average molecular weight is 210 g/mol. The molecule has 1 aliphatic carbocycles. The molecule has 0 radical (unpaired) electrons. The fourth-order valence-electron chi connectivity index (χ4n) is 2.70. The van der Waals surface area contributed by atoms with Gasteiger partial charge in [0.15, 0.2) is 0 Å². The van der Waals surface area contributed by atoms with E-state index in [0.29, 0.717) is 0 Å². The van der Waals surface area contributed by atoms with Crippen molar-refractivity contribution in [3.63, 3.8) is 0 Å². The van der Waals surface area contributed by atoms with Crippen LogP contribution < -0.4 is 0 Å². The zero-order valence-corrected chi connectivity index (χ0v) is 10.1. The molecule has 86 valence electrons. The van der Waals surface area contributed by atoms with Gasteiger partial charge in [0.05, 0.1) is 0 Å². The van der Waals surface area contributed by atoms with Crippen LogP contribution in [0.1, 0.15) is 52.9 Å². The molecule has 0 aliphatic heterocycles. The van der Waals surface area contributed by atoms with Gasteiger partial charge in [0, 0.05) is 6.42 Å². The van der Waals surface area contributed by atoms with Crippen molar-refractivity contribution in [2.45, 2.75) is 52.9 Å². The Bertz CT molecular complexity index is 278. The summed E-state index contributed by atoms with van der Waals surface area (Å²) in [5.41, 5.74) is 1.44. The molecule has 1 rings (SSSR count). The lowest BCUT2D eigenvalue weighted by atomic mass is 9.59. The van der Waals surface area contributed by atoms with Gasteiger partial charge in [-0.1, -0.05) is 39.3 Å². The second-order valence-corrected chi connectivity index (χ2v) is 5.67. The van der Waals surface area contributed by atoms with Crippen LogP contribution in [-0.4, -0.2) is 11.1 Å². The van der Waals surface area contributed by atoms with Gasteiger partial charge in [-0.15, -0.1) is 0 Å². The van der Waals surface area contributed by atoms with Crippen molar-refractivity contribution in [1.82, 2.24) is 0 Å². The Morgan fingerprint density at radius 2 is 2.00 bits per heavy atom. The highest BCUT2D eigenvalue weighted by molar-refractivity contribution is 5.66. The molecule has 1 aliphatic rings. The first kappa shape index (κ1) is 12.3. The lowest BCUT2D eigenvalue weighted by molar-refractivity contribution is -0.137.